The van der Waals surface area contributed by atoms with Crippen LogP contribution in [0.2, 0.25) is 0 Å². The summed E-state index contributed by atoms with van der Waals surface area (Å²) in [5.74, 6) is 3.35. The average molecular weight is 557 g/mol. The molecule has 7 rings (SSSR count). The zero-order chi connectivity index (χ0) is 29.2. The molecule has 0 radical (unpaired) electrons. The van der Waals surface area contributed by atoms with E-state index in [2.05, 4.69) is 48.5 Å². The minimum absolute atomic E-state index is 0.00536. The molecule has 13 atom stereocenters. The molecule has 1 heterocycles. The molecule has 13 unspecified atom stereocenters. The average Bonchev–Trinajstić information content (AvgIpc) is 3.07. The number of carbonyl (C=O) groups is 2. The SMILES string of the molecule is CC(=O)OCC1CC(C)C2C(O1)C(C)C1(C)C3CCC45C(C)C3(CCC21C)C4CCC(OC(=O)C(C)C)C5(C)C. The predicted octanol–water partition coefficient (Wildman–Crippen LogP) is 7.45. The van der Waals surface area contributed by atoms with Gasteiger partial charge in [0, 0.05) is 12.3 Å². The van der Waals surface area contributed by atoms with Gasteiger partial charge in [0.2, 0.25) is 0 Å². The van der Waals surface area contributed by atoms with E-state index in [4.69, 9.17) is 14.2 Å². The molecule has 1 aliphatic heterocycles. The van der Waals surface area contributed by atoms with Crippen molar-refractivity contribution in [2.75, 3.05) is 6.61 Å². The molecule has 0 aromatic heterocycles. The minimum Gasteiger partial charge on any atom is -0.463 e. The van der Waals surface area contributed by atoms with E-state index in [1.165, 1.54) is 39.0 Å². The van der Waals surface area contributed by atoms with Gasteiger partial charge < -0.3 is 14.2 Å². The van der Waals surface area contributed by atoms with E-state index < -0.39 is 0 Å². The highest BCUT2D eigenvalue weighted by molar-refractivity contribution is 5.71. The van der Waals surface area contributed by atoms with Crippen molar-refractivity contribution < 1.29 is 23.8 Å². The summed E-state index contributed by atoms with van der Waals surface area (Å²) in [7, 11) is 0. The first kappa shape index (κ1) is 29.0. The van der Waals surface area contributed by atoms with E-state index in [-0.39, 0.29) is 57.8 Å². The summed E-state index contributed by atoms with van der Waals surface area (Å²) in [5.41, 5.74) is 1.12. The Labute approximate surface area is 243 Å². The molecule has 5 nitrogen and oxygen atoms in total. The molecule has 2 bridgehead atoms. The predicted molar refractivity (Wildman–Crippen MR) is 155 cm³/mol. The van der Waals surface area contributed by atoms with Crippen LogP contribution in [0.1, 0.15) is 114 Å². The van der Waals surface area contributed by atoms with Gasteiger partial charge in [-0.05, 0) is 102 Å². The fraction of sp³-hybridized carbons (Fsp3) is 0.943. The van der Waals surface area contributed by atoms with Crippen LogP contribution < -0.4 is 0 Å². The van der Waals surface area contributed by atoms with Crippen LogP contribution in [0.25, 0.3) is 0 Å². The van der Waals surface area contributed by atoms with Crippen molar-refractivity contribution in [1.29, 1.82) is 0 Å². The smallest absolute Gasteiger partial charge is 0.308 e. The number of rotatable bonds is 4. The Hall–Kier alpha value is -1.10. The van der Waals surface area contributed by atoms with Gasteiger partial charge in [0.05, 0.1) is 18.1 Å². The van der Waals surface area contributed by atoms with Crippen LogP contribution in [0.5, 0.6) is 0 Å². The highest BCUT2D eigenvalue weighted by atomic mass is 16.6. The van der Waals surface area contributed by atoms with Crippen molar-refractivity contribution in [3.8, 4) is 0 Å². The number of carbonyl (C=O) groups excluding carboxylic acids is 2. The van der Waals surface area contributed by atoms with E-state index in [0.717, 1.165) is 18.8 Å². The standard InChI is InChI=1S/C35H56O5/c1-19(2)30(37)40-27-12-11-26-34-16-15-32(9)28-20(3)17-24(18-38-23(6)36)39-29(28)21(4)33(32,10)25(34)13-14-35(26,22(34)5)31(27,7)8/h19-22,24-29H,11-18H2,1-10H3. The molecule has 0 aromatic carbocycles. The van der Waals surface area contributed by atoms with Crippen molar-refractivity contribution >= 4 is 11.9 Å². The molecule has 7 aliphatic rings. The van der Waals surface area contributed by atoms with E-state index in [9.17, 15) is 9.59 Å². The number of ether oxygens (including phenoxy) is 3. The lowest BCUT2D eigenvalue weighted by Gasteiger charge is -2.85. The Morgan fingerprint density at radius 2 is 1.65 bits per heavy atom. The van der Waals surface area contributed by atoms with Crippen LogP contribution >= 0.6 is 0 Å². The topological polar surface area (TPSA) is 61.8 Å². The fourth-order valence-electron chi connectivity index (χ4n) is 13.6. The van der Waals surface area contributed by atoms with E-state index in [0.29, 0.717) is 41.6 Å². The molecule has 6 saturated carbocycles. The second kappa shape index (κ2) is 8.96. The monoisotopic (exact) mass is 556 g/mol. The lowest BCUT2D eigenvalue weighted by atomic mass is 9.20. The van der Waals surface area contributed by atoms with Crippen molar-refractivity contribution in [3.05, 3.63) is 0 Å². The summed E-state index contributed by atoms with van der Waals surface area (Å²) in [6, 6.07) is 0. The van der Waals surface area contributed by atoms with E-state index >= 15 is 0 Å². The zero-order valence-corrected chi connectivity index (χ0v) is 27.0. The number of esters is 2. The Morgan fingerprint density at radius 3 is 2.30 bits per heavy atom. The van der Waals surface area contributed by atoms with E-state index in [1.807, 2.05) is 13.8 Å². The van der Waals surface area contributed by atoms with Gasteiger partial charge in [-0.1, -0.05) is 62.3 Å². The highest BCUT2D eigenvalue weighted by Gasteiger charge is 2.84. The third-order valence-corrected chi connectivity index (χ3v) is 15.4. The molecule has 40 heavy (non-hydrogen) atoms. The van der Waals surface area contributed by atoms with Crippen LogP contribution in [-0.4, -0.2) is 36.9 Å². The molecule has 0 aromatic rings. The maximum atomic E-state index is 12.7. The van der Waals surface area contributed by atoms with Gasteiger partial charge >= 0.3 is 11.9 Å². The first-order valence-electron chi connectivity index (χ1n) is 16.6. The van der Waals surface area contributed by atoms with Gasteiger partial charge in [-0.2, -0.15) is 0 Å². The summed E-state index contributed by atoms with van der Waals surface area (Å²) < 4.78 is 18.6. The van der Waals surface area contributed by atoms with Gasteiger partial charge in [0.15, 0.2) is 0 Å². The van der Waals surface area contributed by atoms with Crippen LogP contribution in [0, 0.1) is 68.5 Å². The molecule has 1 saturated heterocycles. The van der Waals surface area contributed by atoms with Gasteiger partial charge in [-0.15, -0.1) is 0 Å². The van der Waals surface area contributed by atoms with Gasteiger partial charge in [0.1, 0.15) is 12.7 Å². The second-order valence-corrected chi connectivity index (χ2v) is 16.7. The normalized spacial score (nSPS) is 53.8. The van der Waals surface area contributed by atoms with Crippen molar-refractivity contribution in [3.63, 3.8) is 0 Å². The summed E-state index contributed by atoms with van der Waals surface area (Å²) >= 11 is 0. The molecule has 7 fully saturated rings. The molecular weight excluding hydrogens is 500 g/mol. The third-order valence-electron chi connectivity index (χ3n) is 15.4. The van der Waals surface area contributed by atoms with Crippen LogP contribution in [0.15, 0.2) is 0 Å². The van der Waals surface area contributed by atoms with Crippen molar-refractivity contribution in [2.24, 2.45) is 68.5 Å². The molecule has 5 heteroatoms. The Kier molecular flexibility index (Phi) is 6.49. The minimum atomic E-state index is -0.214. The van der Waals surface area contributed by atoms with Crippen molar-refractivity contribution in [2.45, 2.75) is 132 Å². The molecule has 0 N–H and O–H groups in total. The molecule has 226 valence electrons. The Morgan fingerprint density at radius 1 is 0.950 bits per heavy atom. The number of fused-ring (bicyclic) bond motifs is 4. The van der Waals surface area contributed by atoms with Gasteiger partial charge in [-0.25, -0.2) is 0 Å². The maximum Gasteiger partial charge on any atom is 0.308 e. The van der Waals surface area contributed by atoms with Crippen LogP contribution in [0.3, 0.4) is 0 Å². The molecule has 2 spiro atoms. The second-order valence-electron chi connectivity index (χ2n) is 16.7. The zero-order valence-electron chi connectivity index (χ0n) is 27.0. The lowest BCUT2D eigenvalue weighted by molar-refractivity contribution is -0.378. The summed E-state index contributed by atoms with van der Waals surface area (Å²) in [6.07, 6.45) is 8.63. The molecule has 0 amide bonds. The summed E-state index contributed by atoms with van der Waals surface area (Å²) in [6.45, 7) is 23.5. The van der Waals surface area contributed by atoms with Gasteiger partial charge in [0.25, 0.3) is 0 Å². The molecular formula is C35H56O5. The summed E-state index contributed by atoms with van der Waals surface area (Å²) in [5, 5.41) is 0. The Balaban J connectivity index is 1.32. The third kappa shape index (κ3) is 3.20. The van der Waals surface area contributed by atoms with Crippen LogP contribution in [0.4, 0.5) is 0 Å². The first-order valence-corrected chi connectivity index (χ1v) is 16.6. The largest absolute Gasteiger partial charge is 0.463 e. The van der Waals surface area contributed by atoms with Crippen molar-refractivity contribution in [1.82, 2.24) is 0 Å². The van der Waals surface area contributed by atoms with E-state index in [1.54, 1.807) is 0 Å². The number of hydrogen-bond acceptors (Lipinski definition) is 5. The summed E-state index contributed by atoms with van der Waals surface area (Å²) in [4.78, 5) is 24.3. The molecule has 6 aliphatic carbocycles. The fourth-order valence-corrected chi connectivity index (χ4v) is 13.6. The number of hydrogen-bond donors (Lipinski definition) is 0. The lowest BCUT2D eigenvalue weighted by Crippen LogP contribution is -2.80. The van der Waals surface area contributed by atoms with Gasteiger partial charge in [-0.3, -0.25) is 9.59 Å². The highest BCUT2D eigenvalue weighted by Crippen LogP contribution is 2.89. The maximum absolute atomic E-state index is 12.7. The quantitative estimate of drug-likeness (QED) is 0.337. The van der Waals surface area contributed by atoms with Crippen LogP contribution in [-0.2, 0) is 23.8 Å². The Bertz CT molecular complexity index is 1070. The first-order chi connectivity index (χ1) is 18.6.